The van der Waals surface area contributed by atoms with Crippen LogP contribution in [0.4, 0.5) is 5.69 Å². The van der Waals surface area contributed by atoms with Gasteiger partial charge in [-0.3, -0.25) is 4.79 Å². The smallest absolute Gasteiger partial charge is 0.267 e. The number of aromatic nitrogens is 4. The molecule has 29 heavy (non-hydrogen) atoms. The van der Waals surface area contributed by atoms with Crippen molar-refractivity contribution in [3.8, 4) is 28.7 Å². The zero-order valence-corrected chi connectivity index (χ0v) is 15.4. The molecule has 0 saturated carbocycles. The van der Waals surface area contributed by atoms with Crippen LogP contribution in [0.15, 0.2) is 77.9 Å². The molecule has 4 aromatic rings. The van der Waals surface area contributed by atoms with Crippen LogP contribution in [0.1, 0.15) is 11.1 Å². The quantitative estimate of drug-likeness (QED) is 0.583. The fourth-order valence-corrected chi connectivity index (χ4v) is 2.93. The van der Waals surface area contributed by atoms with Gasteiger partial charge in [-0.05, 0) is 29.8 Å². The number of nitrogen functional groups attached to an aromatic ring is 1. The van der Waals surface area contributed by atoms with Crippen molar-refractivity contribution >= 4 is 5.69 Å². The second-order valence-corrected chi connectivity index (χ2v) is 6.45. The molecule has 0 atom stereocenters. The summed E-state index contributed by atoms with van der Waals surface area (Å²) in [5.74, 6) is 0.559. The first-order chi connectivity index (χ1) is 14.1. The lowest BCUT2D eigenvalue weighted by Gasteiger charge is -2.09. The third kappa shape index (κ3) is 4.01. The molecule has 2 aromatic heterocycles. The minimum absolute atomic E-state index is 0.209. The second-order valence-electron chi connectivity index (χ2n) is 6.45. The Kier molecular flexibility index (Phi) is 4.82. The van der Waals surface area contributed by atoms with Crippen molar-refractivity contribution in [3.05, 3.63) is 94.5 Å². The molecule has 2 N–H and O–H groups in total. The highest BCUT2D eigenvalue weighted by Crippen LogP contribution is 2.19. The van der Waals surface area contributed by atoms with Crippen LogP contribution in [0, 0.1) is 11.3 Å². The summed E-state index contributed by atoms with van der Waals surface area (Å²) < 4.78 is 1.40. The summed E-state index contributed by atoms with van der Waals surface area (Å²) in [5.41, 5.74) is 9.59. The van der Waals surface area contributed by atoms with Gasteiger partial charge in [-0.25, -0.2) is 14.6 Å². The highest BCUT2D eigenvalue weighted by molar-refractivity contribution is 5.60. The SMILES string of the molecule is N#Cc1cccc(-c2ccc(=O)n(Cc3cccc(-c4ncc(N)cn4)c3)n2)c1. The van der Waals surface area contributed by atoms with Gasteiger partial charge in [0.2, 0.25) is 0 Å². The average molecular weight is 380 g/mol. The highest BCUT2D eigenvalue weighted by atomic mass is 16.1. The number of rotatable bonds is 4. The van der Waals surface area contributed by atoms with E-state index in [9.17, 15) is 4.79 Å². The number of benzene rings is 2. The molecule has 140 valence electrons. The van der Waals surface area contributed by atoms with Gasteiger partial charge in [0.05, 0.1) is 42.0 Å². The Morgan fingerprint density at radius 2 is 1.72 bits per heavy atom. The molecule has 0 fully saturated rings. The first kappa shape index (κ1) is 18.1. The molecule has 0 aliphatic carbocycles. The number of nitriles is 1. The normalized spacial score (nSPS) is 10.4. The van der Waals surface area contributed by atoms with E-state index >= 15 is 0 Å². The molecule has 7 nitrogen and oxygen atoms in total. The third-order valence-electron chi connectivity index (χ3n) is 4.34. The predicted molar refractivity (Wildman–Crippen MR) is 110 cm³/mol. The zero-order valence-electron chi connectivity index (χ0n) is 15.4. The van der Waals surface area contributed by atoms with Crippen molar-refractivity contribution in [1.29, 1.82) is 5.26 Å². The van der Waals surface area contributed by atoms with Crippen LogP contribution in [0.3, 0.4) is 0 Å². The maximum atomic E-state index is 12.3. The minimum Gasteiger partial charge on any atom is -0.396 e. The van der Waals surface area contributed by atoms with Crippen LogP contribution in [0.25, 0.3) is 22.6 Å². The van der Waals surface area contributed by atoms with Gasteiger partial charge in [-0.2, -0.15) is 10.4 Å². The van der Waals surface area contributed by atoms with Gasteiger partial charge in [0, 0.05) is 17.2 Å². The second kappa shape index (κ2) is 7.74. The largest absolute Gasteiger partial charge is 0.396 e. The van der Waals surface area contributed by atoms with E-state index in [1.165, 1.54) is 10.7 Å². The Morgan fingerprint density at radius 3 is 2.52 bits per heavy atom. The van der Waals surface area contributed by atoms with Gasteiger partial charge in [0.15, 0.2) is 5.82 Å². The van der Waals surface area contributed by atoms with E-state index in [1.807, 2.05) is 30.3 Å². The highest BCUT2D eigenvalue weighted by Gasteiger charge is 2.07. The molecule has 2 heterocycles. The van der Waals surface area contributed by atoms with E-state index in [4.69, 9.17) is 11.0 Å². The van der Waals surface area contributed by atoms with Gasteiger partial charge in [0.25, 0.3) is 5.56 Å². The van der Waals surface area contributed by atoms with Crippen molar-refractivity contribution in [2.24, 2.45) is 0 Å². The van der Waals surface area contributed by atoms with Crippen molar-refractivity contribution in [3.63, 3.8) is 0 Å². The summed E-state index contributed by atoms with van der Waals surface area (Å²) in [6.07, 6.45) is 3.11. The molecule has 2 aromatic carbocycles. The van der Waals surface area contributed by atoms with E-state index in [0.29, 0.717) is 29.3 Å². The van der Waals surface area contributed by atoms with Crippen LogP contribution in [-0.4, -0.2) is 19.7 Å². The van der Waals surface area contributed by atoms with E-state index in [0.717, 1.165) is 16.7 Å². The Morgan fingerprint density at radius 1 is 0.966 bits per heavy atom. The minimum atomic E-state index is -0.209. The van der Waals surface area contributed by atoms with Crippen molar-refractivity contribution in [2.45, 2.75) is 6.54 Å². The van der Waals surface area contributed by atoms with Crippen LogP contribution in [0.2, 0.25) is 0 Å². The lowest BCUT2D eigenvalue weighted by molar-refractivity contribution is 0.643. The van der Waals surface area contributed by atoms with Crippen LogP contribution >= 0.6 is 0 Å². The first-order valence-electron chi connectivity index (χ1n) is 8.88. The Bertz CT molecular complexity index is 1270. The standard InChI is InChI=1S/C22H16N6O/c23-11-15-3-1-5-17(9-15)20-7-8-21(29)28(27-20)14-16-4-2-6-18(10-16)22-25-12-19(24)13-26-22/h1-10,12-13H,14,24H2. The molecular formula is C22H16N6O. The fraction of sp³-hybridized carbons (Fsp3) is 0.0455. The van der Waals surface area contributed by atoms with Gasteiger partial charge in [-0.15, -0.1) is 0 Å². The number of nitrogens with zero attached hydrogens (tertiary/aromatic N) is 5. The molecule has 7 heteroatoms. The molecule has 0 spiro atoms. The van der Waals surface area contributed by atoms with Gasteiger partial charge in [-0.1, -0.05) is 30.3 Å². The topological polar surface area (TPSA) is 110 Å². The summed E-state index contributed by atoms with van der Waals surface area (Å²) in [7, 11) is 0. The lowest BCUT2D eigenvalue weighted by atomic mass is 10.1. The van der Waals surface area contributed by atoms with E-state index < -0.39 is 0 Å². The van der Waals surface area contributed by atoms with E-state index in [2.05, 4.69) is 21.1 Å². The zero-order chi connectivity index (χ0) is 20.2. The number of anilines is 1. The van der Waals surface area contributed by atoms with Gasteiger partial charge >= 0.3 is 0 Å². The molecule has 0 saturated heterocycles. The molecule has 0 aliphatic heterocycles. The Hall–Kier alpha value is -4.31. The Labute approximate surface area is 166 Å². The van der Waals surface area contributed by atoms with Crippen molar-refractivity contribution in [2.75, 3.05) is 5.73 Å². The van der Waals surface area contributed by atoms with E-state index in [-0.39, 0.29) is 5.56 Å². The fourth-order valence-electron chi connectivity index (χ4n) is 2.93. The summed E-state index contributed by atoms with van der Waals surface area (Å²) in [6.45, 7) is 0.299. The molecule has 0 amide bonds. The van der Waals surface area contributed by atoms with Crippen LogP contribution in [0.5, 0.6) is 0 Å². The molecule has 0 radical (unpaired) electrons. The number of hydrogen-bond acceptors (Lipinski definition) is 6. The maximum absolute atomic E-state index is 12.3. The number of nitrogens with two attached hydrogens (primary N) is 1. The lowest BCUT2D eigenvalue weighted by Crippen LogP contribution is -2.22. The first-order valence-corrected chi connectivity index (χ1v) is 8.88. The summed E-state index contributed by atoms with van der Waals surface area (Å²) in [6, 6.07) is 20.0. The maximum Gasteiger partial charge on any atom is 0.267 e. The molecule has 0 bridgehead atoms. The predicted octanol–water partition coefficient (Wildman–Crippen LogP) is 2.87. The summed E-state index contributed by atoms with van der Waals surface area (Å²) in [4.78, 5) is 20.8. The average Bonchev–Trinajstić information content (AvgIpc) is 2.76. The molecule has 0 unspecified atom stereocenters. The molecular weight excluding hydrogens is 364 g/mol. The monoisotopic (exact) mass is 380 g/mol. The van der Waals surface area contributed by atoms with E-state index in [1.54, 1.807) is 36.7 Å². The Balaban J connectivity index is 1.66. The summed E-state index contributed by atoms with van der Waals surface area (Å²) >= 11 is 0. The molecule has 0 aliphatic rings. The van der Waals surface area contributed by atoms with Crippen molar-refractivity contribution in [1.82, 2.24) is 19.7 Å². The van der Waals surface area contributed by atoms with Crippen molar-refractivity contribution < 1.29 is 0 Å². The molecule has 4 rings (SSSR count). The third-order valence-corrected chi connectivity index (χ3v) is 4.34. The summed E-state index contributed by atoms with van der Waals surface area (Å²) in [5, 5.41) is 13.6. The van der Waals surface area contributed by atoms with Crippen LogP contribution < -0.4 is 11.3 Å². The van der Waals surface area contributed by atoms with Gasteiger partial charge in [0.1, 0.15) is 0 Å². The van der Waals surface area contributed by atoms with Gasteiger partial charge < -0.3 is 5.73 Å². The van der Waals surface area contributed by atoms with Crippen LogP contribution in [-0.2, 0) is 6.54 Å². The number of hydrogen-bond donors (Lipinski definition) is 1.